The SMILES string of the molecule is CCCCCCCCOc1cc2cc(OCCCCCCCC)c3c4ccccc4n(CCCCCCCC)c3c2c2c1c1ccccc1n2CCCCCCCC. The first-order valence-corrected chi connectivity index (χ1v) is 24.4. The van der Waals surface area contributed by atoms with Gasteiger partial charge < -0.3 is 18.6 Å². The summed E-state index contributed by atoms with van der Waals surface area (Å²) in [5.41, 5.74) is 5.37. The van der Waals surface area contributed by atoms with Gasteiger partial charge in [0.05, 0.1) is 35.0 Å². The molecule has 0 spiro atoms. The number of unbranched alkanes of at least 4 members (excludes halogenated alkanes) is 20. The molecule has 0 bridgehead atoms. The molecule has 0 amide bonds. The monoisotopic (exact) mass is 787 g/mol. The highest BCUT2D eigenvalue weighted by Crippen LogP contribution is 2.48. The van der Waals surface area contributed by atoms with Crippen LogP contribution in [0.5, 0.6) is 11.5 Å². The van der Waals surface area contributed by atoms with E-state index in [1.165, 1.54) is 196 Å². The Morgan fingerprint density at radius 3 is 1.12 bits per heavy atom. The highest BCUT2D eigenvalue weighted by atomic mass is 16.5. The Bertz CT molecular complexity index is 1970. The maximum atomic E-state index is 6.96. The number of hydrogen-bond acceptors (Lipinski definition) is 2. The van der Waals surface area contributed by atoms with E-state index in [9.17, 15) is 0 Å². The Hall–Kier alpha value is -3.66. The van der Waals surface area contributed by atoms with Crippen LogP contribution >= 0.6 is 0 Å². The summed E-state index contributed by atoms with van der Waals surface area (Å²) >= 11 is 0. The lowest BCUT2D eigenvalue weighted by molar-refractivity contribution is 0.307. The van der Waals surface area contributed by atoms with Crippen LogP contribution in [0, 0.1) is 0 Å². The molecule has 6 aromatic rings. The number of benzene rings is 4. The summed E-state index contributed by atoms with van der Waals surface area (Å²) < 4.78 is 19.3. The number of hydrogen-bond donors (Lipinski definition) is 0. The molecule has 0 atom stereocenters. The molecule has 2 heterocycles. The third-order valence-electron chi connectivity index (χ3n) is 12.8. The third-order valence-corrected chi connectivity index (χ3v) is 12.8. The van der Waals surface area contributed by atoms with E-state index in [0.717, 1.165) is 50.6 Å². The molecule has 0 saturated carbocycles. The highest BCUT2D eigenvalue weighted by Gasteiger charge is 2.25. The van der Waals surface area contributed by atoms with Gasteiger partial charge >= 0.3 is 0 Å². The Balaban J connectivity index is 1.53. The lowest BCUT2D eigenvalue weighted by Crippen LogP contribution is -2.04. The number of fused-ring (bicyclic) bond motifs is 9. The molecule has 58 heavy (non-hydrogen) atoms. The smallest absolute Gasteiger partial charge is 0.129 e. The zero-order valence-electron chi connectivity index (χ0n) is 37.3. The molecule has 4 aromatic carbocycles. The molecule has 0 N–H and O–H groups in total. The van der Waals surface area contributed by atoms with Gasteiger partial charge in [0.1, 0.15) is 11.5 Å². The number of para-hydroxylation sites is 2. The normalized spacial score (nSPS) is 12.0. The summed E-state index contributed by atoms with van der Waals surface area (Å²) in [5.74, 6) is 2.07. The van der Waals surface area contributed by atoms with E-state index in [4.69, 9.17) is 9.47 Å². The van der Waals surface area contributed by atoms with E-state index >= 15 is 0 Å². The van der Waals surface area contributed by atoms with Gasteiger partial charge in [-0.15, -0.1) is 0 Å². The Morgan fingerprint density at radius 1 is 0.379 bits per heavy atom. The summed E-state index contributed by atoms with van der Waals surface area (Å²) in [6.45, 7) is 12.8. The molecule has 0 saturated heterocycles. The molecule has 0 radical (unpaired) electrons. The van der Waals surface area contributed by atoms with Gasteiger partial charge in [-0.3, -0.25) is 0 Å². The summed E-state index contributed by atoms with van der Waals surface area (Å²) in [5, 5.41) is 7.83. The molecule has 0 unspecified atom stereocenters. The third kappa shape index (κ3) is 10.9. The van der Waals surface area contributed by atoms with Crippen molar-refractivity contribution in [3.05, 3.63) is 60.7 Å². The van der Waals surface area contributed by atoms with Crippen molar-refractivity contribution in [2.24, 2.45) is 0 Å². The molecule has 0 aliphatic heterocycles. The maximum Gasteiger partial charge on any atom is 0.129 e. The van der Waals surface area contributed by atoms with Crippen molar-refractivity contribution < 1.29 is 9.47 Å². The van der Waals surface area contributed by atoms with Crippen LogP contribution in [0.1, 0.15) is 182 Å². The summed E-state index contributed by atoms with van der Waals surface area (Å²) in [7, 11) is 0. The van der Waals surface area contributed by atoms with Crippen molar-refractivity contribution in [1.29, 1.82) is 0 Å². The van der Waals surface area contributed by atoms with Gasteiger partial charge in [0, 0.05) is 40.3 Å². The van der Waals surface area contributed by atoms with E-state index in [2.05, 4.69) is 97.5 Å². The van der Waals surface area contributed by atoms with E-state index in [1.807, 2.05) is 0 Å². The summed E-state index contributed by atoms with van der Waals surface area (Å²) in [6, 6.07) is 23.1. The fourth-order valence-electron chi connectivity index (χ4n) is 9.55. The Labute approximate surface area is 352 Å². The van der Waals surface area contributed by atoms with Crippen molar-refractivity contribution in [2.45, 2.75) is 195 Å². The maximum absolute atomic E-state index is 6.96. The zero-order chi connectivity index (χ0) is 40.4. The van der Waals surface area contributed by atoms with E-state index < -0.39 is 0 Å². The summed E-state index contributed by atoms with van der Waals surface area (Å²) in [4.78, 5) is 0. The first-order chi connectivity index (χ1) is 28.7. The van der Waals surface area contributed by atoms with Crippen molar-refractivity contribution in [2.75, 3.05) is 13.2 Å². The van der Waals surface area contributed by atoms with Gasteiger partial charge in [0.25, 0.3) is 0 Å². The minimum atomic E-state index is 0.756. The van der Waals surface area contributed by atoms with Crippen LogP contribution in [-0.4, -0.2) is 22.3 Å². The largest absolute Gasteiger partial charge is 0.493 e. The number of aryl methyl sites for hydroxylation is 2. The van der Waals surface area contributed by atoms with Crippen molar-refractivity contribution >= 4 is 54.4 Å². The molecule has 0 aliphatic rings. The summed E-state index contributed by atoms with van der Waals surface area (Å²) in [6.07, 6.45) is 30.6. The second kappa shape index (κ2) is 23.8. The highest BCUT2D eigenvalue weighted by molar-refractivity contribution is 6.30. The first-order valence-electron chi connectivity index (χ1n) is 24.4. The zero-order valence-corrected chi connectivity index (χ0v) is 37.3. The second-order valence-electron chi connectivity index (χ2n) is 17.4. The fraction of sp³-hybridized carbons (Fsp3) is 0.593. The van der Waals surface area contributed by atoms with Crippen LogP contribution in [0.15, 0.2) is 60.7 Å². The van der Waals surface area contributed by atoms with Gasteiger partial charge in [0.15, 0.2) is 0 Å². The molecule has 0 fully saturated rings. The standard InChI is InChI=1S/C54H78N2O2/c1-5-9-13-17-21-29-37-55-46-35-27-25-33-44(46)51-48(57-39-31-23-19-15-11-7-3)41-43-42-49(58-40-32-24-20-16-12-8-4)52-45-34-26-28-36-47(45)56(54(52)50(43)53(51)55)38-30-22-18-14-10-6-2/h25-28,33-36,41-42H,5-24,29-32,37-40H2,1-4H3. The quantitative estimate of drug-likeness (QED) is 0.0425. The molecule has 4 heteroatoms. The molecular formula is C54H78N2O2. The van der Waals surface area contributed by atoms with Gasteiger partial charge in [-0.2, -0.15) is 0 Å². The molecular weight excluding hydrogens is 709 g/mol. The average Bonchev–Trinajstić information content (AvgIpc) is 3.76. The Morgan fingerprint density at radius 2 is 0.724 bits per heavy atom. The second-order valence-corrected chi connectivity index (χ2v) is 17.4. The molecule has 316 valence electrons. The molecule has 4 nitrogen and oxygen atoms in total. The predicted octanol–water partition coefficient (Wildman–Crippen LogP) is 17.3. The lowest BCUT2D eigenvalue weighted by Gasteiger charge is -2.17. The van der Waals surface area contributed by atoms with Gasteiger partial charge in [-0.25, -0.2) is 0 Å². The van der Waals surface area contributed by atoms with Gasteiger partial charge in [-0.05, 0) is 55.3 Å². The van der Waals surface area contributed by atoms with Crippen LogP contribution in [-0.2, 0) is 13.1 Å². The average molecular weight is 787 g/mol. The van der Waals surface area contributed by atoms with Crippen LogP contribution in [0.4, 0.5) is 0 Å². The molecule has 0 aliphatic carbocycles. The first kappa shape index (κ1) is 43.9. The van der Waals surface area contributed by atoms with E-state index in [1.54, 1.807) is 0 Å². The number of ether oxygens (including phenoxy) is 2. The van der Waals surface area contributed by atoms with Crippen LogP contribution in [0.2, 0.25) is 0 Å². The van der Waals surface area contributed by atoms with Gasteiger partial charge in [-0.1, -0.05) is 193 Å². The minimum Gasteiger partial charge on any atom is -0.493 e. The van der Waals surface area contributed by atoms with Crippen molar-refractivity contribution in [3.63, 3.8) is 0 Å². The lowest BCUT2D eigenvalue weighted by atomic mass is 10.00. The number of nitrogens with zero attached hydrogens (tertiary/aromatic N) is 2. The van der Waals surface area contributed by atoms with Crippen molar-refractivity contribution in [1.82, 2.24) is 9.13 Å². The van der Waals surface area contributed by atoms with E-state index in [0.29, 0.717) is 0 Å². The Kier molecular flexibility index (Phi) is 18.0. The number of rotatable bonds is 30. The van der Waals surface area contributed by atoms with Crippen LogP contribution in [0.3, 0.4) is 0 Å². The minimum absolute atomic E-state index is 0.756. The van der Waals surface area contributed by atoms with Crippen molar-refractivity contribution in [3.8, 4) is 11.5 Å². The number of aromatic nitrogens is 2. The van der Waals surface area contributed by atoms with Crippen LogP contribution in [0.25, 0.3) is 54.4 Å². The van der Waals surface area contributed by atoms with Crippen LogP contribution < -0.4 is 9.47 Å². The van der Waals surface area contributed by atoms with Gasteiger partial charge in [0.2, 0.25) is 0 Å². The van der Waals surface area contributed by atoms with E-state index in [-0.39, 0.29) is 0 Å². The predicted molar refractivity (Wildman–Crippen MR) is 254 cm³/mol. The topological polar surface area (TPSA) is 28.3 Å². The molecule has 2 aromatic heterocycles. The fourth-order valence-corrected chi connectivity index (χ4v) is 9.55. The molecule has 6 rings (SSSR count).